The molecule has 0 radical (unpaired) electrons. The van der Waals surface area contributed by atoms with Gasteiger partial charge in [-0.25, -0.2) is 0 Å². The first-order valence-corrected chi connectivity index (χ1v) is 11.1. The van der Waals surface area contributed by atoms with Crippen LogP contribution in [0.4, 0.5) is 0 Å². The van der Waals surface area contributed by atoms with E-state index in [2.05, 4.69) is 31.0 Å². The number of benzene rings is 2. The number of rotatable bonds is 5. The van der Waals surface area contributed by atoms with Gasteiger partial charge in [0.05, 0.1) is 0 Å². The normalized spacial score (nSPS) is 16.2. The van der Waals surface area contributed by atoms with E-state index in [-0.39, 0.29) is 24.0 Å². The molecule has 2 aromatic rings. The number of nitrogens with zero attached hydrogens (tertiary/aromatic N) is 2. The maximum atomic E-state index is 12.8. The summed E-state index contributed by atoms with van der Waals surface area (Å²) in [5.74, 6) is 1.22. The van der Waals surface area contributed by atoms with Crippen LogP contribution in [0.3, 0.4) is 0 Å². The third-order valence-electron chi connectivity index (χ3n) is 6.01. The Morgan fingerprint density at radius 2 is 1.56 bits per heavy atom. The Bertz CT molecular complexity index is 974. The van der Waals surface area contributed by atoms with E-state index >= 15 is 0 Å². The van der Waals surface area contributed by atoms with E-state index < -0.39 is 0 Å². The molecule has 32 heavy (non-hydrogen) atoms. The smallest absolute Gasteiger partial charge is 0.253 e. The Labute approximate surface area is 189 Å². The van der Waals surface area contributed by atoms with E-state index in [1.54, 1.807) is 18.2 Å². The summed E-state index contributed by atoms with van der Waals surface area (Å²) in [7, 11) is 0. The lowest BCUT2D eigenvalue weighted by Crippen LogP contribution is -2.50. The molecule has 0 atom stereocenters. The van der Waals surface area contributed by atoms with Gasteiger partial charge in [-0.2, -0.15) is 0 Å². The number of amides is 2. The zero-order valence-electron chi connectivity index (χ0n) is 19.0. The number of hydrogen-bond acceptors (Lipinski definition) is 5. The van der Waals surface area contributed by atoms with Crippen LogP contribution in [-0.2, 0) is 5.41 Å². The molecule has 170 valence electrons. The summed E-state index contributed by atoms with van der Waals surface area (Å²) < 4.78 is 10.6. The number of carbonyl (C=O) groups excluding carboxylic acids is 2. The number of nitrogens with one attached hydrogen (secondary N) is 1. The third-order valence-corrected chi connectivity index (χ3v) is 6.01. The predicted octanol–water partition coefficient (Wildman–Crippen LogP) is 2.90. The maximum Gasteiger partial charge on any atom is 0.253 e. The van der Waals surface area contributed by atoms with E-state index in [0.29, 0.717) is 36.7 Å². The number of ether oxygens (including phenoxy) is 2. The summed E-state index contributed by atoms with van der Waals surface area (Å²) in [6.45, 7) is 11.0. The summed E-state index contributed by atoms with van der Waals surface area (Å²) in [4.78, 5) is 29.4. The minimum atomic E-state index is -0.129. The van der Waals surface area contributed by atoms with Crippen molar-refractivity contribution in [2.24, 2.45) is 0 Å². The van der Waals surface area contributed by atoms with Gasteiger partial charge < -0.3 is 19.7 Å². The van der Waals surface area contributed by atoms with Crippen LogP contribution in [0.15, 0.2) is 42.5 Å². The summed E-state index contributed by atoms with van der Waals surface area (Å²) in [6.07, 6.45) is 0. The summed E-state index contributed by atoms with van der Waals surface area (Å²) in [5, 5.41) is 2.96. The Hall–Kier alpha value is -3.06. The van der Waals surface area contributed by atoms with Crippen LogP contribution < -0.4 is 14.8 Å². The van der Waals surface area contributed by atoms with Gasteiger partial charge >= 0.3 is 0 Å². The van der Waals surface area contributed by atoms with Crippen molar-refractivity contribution in [1.82, 2.24) is 15.1 Å². The third kappa shape index (κ3) is 5.05. The molecular formula is C25H31N3O4. The summed E-state index contributed by atoms with van der Waals surface area (Å²) >= 11 is 0. The first-order chi connectivity index (χ1) is 15.3. The average molecular weight is 438 g/mol. The zero-order chi connectivity index (χ0) is 22.7. The minimum absolute atomic E-state index is 0.0748. The number of piperazine rings is 1. The van der Waals surface area contributed by atoms with Gasteiger partial charge in [-0.1, -0.05) is 32.9 Å². The van der Waals surface area contributed by atoms with Crippen LogP contribution in [0, 0.1) is 0 Å². The van der Waals surface area contributed by atoms with Crippen molar-refractivity contribution >= 4 is 11.8 Å². The van der Waals surface area contributed by atoms with Crippen molar-refractivity contribution < 1.29 is 19.1 Å². The molecule has 2 aliphatic rings. The first kappa shape index (κ1) is 22.1. The van der Waals surface area contributed by atoms with Gasteiger partial charge in [-0.15, -0.1) is 0 Å². The van der Waals surface area contributed by atoms with Gasteiger partial charge in [-0.05, 0) is 41.3 Å². The molecule has 2 aromatic carbocycles. The molecule has 2 aliphatic heterocycles. The SMILES string of the molecule is CC(C)(C)c1ccc(C(=O)N2CCN(CCNC(=O)c3ccc4c(c3)OCO4)CC2)cc1. The molecule has 7 heteroatoms. The second kappa shape index (κ2) is 9.20. The van der Waals surface area contributed by atoms with Gasteiger partial charge in [0.15, 0.2) is 11.5 Å². The van der Waals surface area contributed by atoms with E-state index in [4.69, 9.17) is 9.47 Å². The number of carbonyl (C=O) groups is 2. The lowest BCUT2D eigenvalue weighted by molar-refractivity contribution is 0.0638. The van der Waals surface area contributed by atoms with Crippen molar-refractivity contribution in [2.45, 2.75) is 26.2 Å². The Morgan fingerprint density at radius 1 is 0.906 bits per heavy atom. The largest absolute Gasteiger partial charge is 0.454 e. The Kier molecular flexibility index (Phi) is 6.37. The van der Waals surface area contributed by atoms with Gasteiger partial charge in [0.1, 0.15) is 0 Å². The topological polar surface area (TPSA) is 71.1 Å². The molecule has 4 rings (SSSR count). The van der Waals surface area contributed by atoms with E-state index in [9.17, 15) is 9.59 Å². The molecule has 0 unspecified atom stereocenters. The van der Waals surface area contributed by atoms with Gasteiger partial charge in [-0.3, -0.25) is 14.5 Å². The minimum Gasteiger partial charge on any atom is -0.454 e. The lowest BCUT2D eigenvalue weighted by atomic mass is 9.86. The fourth-order valence-electron chi connectivity index (χ4n) is 3.94. The average Bonchev–Trinajstić information content (AvgIpc) is 3.26. The molecule has 1 N–H and O–H groups in total. The van der Waals surface area contributed by atoms with Crippen LogP contribution in [-0.4, -0.2) is 67.7 Å². The second-order valence-electron chi connectivity index (χ2n) is 9.29. The van der Waals surface area contributed by atoms with Crippen molar-refractivity contribution in [1.29, 1.82) is 0 Å². The van der Waals surface area contributed by atoms with E-state index in [1.807, 2.05) is 29.2 Å². The van der Waals surface area contributed by atoms with E-state index in [1.165, 1.54) is 5.56 Å². The van der Waals surface area contributed by atoms with Crippen LogP contribution in [0.1, 0.15) is 47.1 Å². The highest BCUT2D eigenvalue weighted by atomic mass is 16.7. The van der Waals surface area contributed by atoms with Crippen LogP contribution in [0.2, 0.25) is 0 Å². The highest BCUT2D eigenvalue weighted by molar-refractivity contribution is 5.95. The van der Waals surface area contributed by atoms with Crippen molar-refractivity contribution in [3.05, 3.63) is 59.2 Å². The van der Waals surface area contributed by atoms with E-state index in [0.717, 1.165) is 25.2 Å². The molecule has 0 bridgehead atoms. The highest BCUT2D eigenvalue weighted by Crippen LogP contribution is 2.32. The Morgan fingerprint density at radius 3 is 2.25 bits per heavy atom. The maximum absolute atomic E-state index is 12.8. The molecule has 0 saturated carbocycles. The molecule has 7 nitrogen and oxygen atoms in total. The quantitative estimate of drug-likeness (QED) is 0.779. The zero-order valence-corrected chi connectivity index (χ0v) is 19.0. The summed E-state index contributed by atoms with van der Waals surface area (Å²) in [6, 6.07) is 13.2. The van der Waals surface area contributed by atoms with Gasteiger partial charge in [0.25, 0.3) is 11.8 Å². The molecule has 2 heterocycles. The van der Waals surface area contributed by atoms with Crippen LogP contribution in [0.5, 0.6) is 11.5 Å². The van der Waals surface area contributed by atoms with Crippen molar-refractivity contribution in [2.75, 3.05) is 46.1 Å². The van der Waals surface area contributed by atoms with Crippen LogP contribution >= 0.6 is 0 Å². The van der Waals surface area contributed by atoms with Crippen molar-refractivity contribution in [3.63, 3.8) is 0 Å². The first-order valence-electron chi connectivity index (χ1n) is 11.1. The molecule has 0 aromatic heterocycles. The fourth-order valence-corrected chi connectivity index (χ4v) is 3.94. The molecule has 2 amide bonds. The highest BCUT2D eigenvalue weighted by Gasteiger charge is 2.23. The molecular weight excluding hydrogens is 406 g/mol. The fraction of sp³-hybridized carbons (Fsp3) is 0.440. The standard InChI is InChI=1S/C25H31N3O4/c1-25(2,3)20-7-4-18(5-8-20)24(30)28-14-12-27(13-15-28)11-10-26-23(29)19-6-9-21-22(16-19)32-17-31-21/h4-9,16H,10-15,17H2,1-3H3,(H,26,29). The summed E-state index contributed by atoms with van der Waals surface area (Å²) in [5.41, 5.74) is 2.59. The molecule has 0 aliphatic carbocycles. The number of fused-ring (bicyclic) bond motifs is 1. The van der Waals surface area contributed by atoms with Gasteiger partial charge in [0, 0.05) is 50.4 Å². The monoisotopic (exact) mass is 437 g/mol. The lowest BCUT2D eigenvalue weighted by Gasteiger charge is -2.34. The van der Waals surface area contributed by atoms with Gasteiger partial charge in [0.2, 0.25) is 6.79 Å². The predicted molar refractivity (Wildman–Crippen MR) is 122 cm³/mol. The van der Waals surface area contributed by atoms with Crippen LogP contribution in [0.25, 0.3) is 0 Å². The molecule has 1 fully saturated rings. The molecule has 0 spiro atoms. The molecule has 1 saturated heterocycles. The second-order valence-corrected chi connectivity index (χ2v) is 9.29. The number of hydrogen-bond donors (Lipinski definition) is 1. The Balaban J connectivity index is 1.21. The van der Waals surface area contributed by atoms with Crippen molar-refractivity contribution in [3.8, 4) is 11.5 Å².